The first-order chi connectivity index (χ1) is 12.1. The maximum absolute atomic E-state index is 12.9. The molecule has 0 N–H and O–H groups in total. The second-order valence-corrected chi connectivity index (χ2v) is 22.9. The zero-order chi connectivity index (χ0) is 20.6. The van der Waals surface area contributed by atoms with Crippen LogP contribution in [-0.4, -0.2) is 35.9 Å². The number of pyridine rings is 1. The van der Waals surface area contributed by atoms with Crippen LogP contribution in [-0.2, 0) is 4.43 Å². The maximum atomic E-state index is 12.9. The lowest BCUT2D eigenvalue weighted by atomic mass is 10.1. The third kappa shape index (κ3) is 6.78. The Hall–Kier alpha value is -1.65. The van der Waals surface area contributed by atoms with Gasteiger partial charge in [0.25, 0.3) is 0 Å². The minimum absolute atomic E-state index is 0.327. The molecule has 0 radical (unpaired) electrons. The normalized spacial score (nSPS) is 12.8. The van der Waals surface area contributed by atoms with Crippen LogP contribution in [0, 0.1) is 0 Å². The van der Waals surface area contributed by atoms with E-state index in [2.05, 4.69) is 44.3 Å². The van der Waals surface area contributed by atoms with Crippen LogP contribution in [0.3, 0.4) is 0 Å². The van der Waals surface area contributed by atoms with Crippen molar-refractivity contribution in [2.75, 3.05) is 0 Å². The second kappa shape index (κ2) is 7.40. The molecular formula is C19H31NO4Si3. The van der Waals surface area contributed by atoms with E-state index in [1.54, 1.807) is 6.07 Å². The molecule has 1 aromatic heterocycles. The fraction of sp³-hybridized carbons (Fsp3) is 0.474. The number of aromatic nitrogens is 1. The fourth-order valence-corrected chi connectivity index (χ4v) is 4.70. The van der Waals surface area contributed by atoms with Gasteiger partial charge in [-0.25, -0.2) is 9.78 Å². The van der Waals surface area contributed by atoms with Crippen LogP contribution < -0.4 is 8.85 Å². The SMILES string of the molecule is C[Si](C)(C)OC(=O)c1cc(O[Si](C)(C)C)nc2ccc(O[Si](C)(C)C)cc12. The number of carbonyl (C=O) groups is 1. The van der Waals surface area contributed by atoms with Gasteiger partial charge < -0.3 is 13.3 Å². The van der Waals surface area contributed by atoms with Crippen LogP contribution in [0.15, 0.2) is 24.3 Å². The van der Waals surface area contributed by atoms with Crippen LogP contribution in [0.1, 0.15) is 10.4 Å². The first-order valence-corrected chi connectivity index (χ1v) is 19.4. The number of nitrogens with zero attached hydrogens (tertiary/aromatic N) is 1. The molecule has 0 bridgehead atoms. The van der Waals surface area contributed by atoms with Crippen LogP contribution in [0.5, 0.6) is 11.6 Å². The molecule has 1 aromatic carbocycles. The van der Waals surface area contributed by atoms with Gasteiger partial charge in [0.15, 0.2) is 0 Å². The van der Waals surface area contributed by atoms with Gasteiger partial charge in [-0.2, -0.15) is 0 Å². The van der Waals surface area contributed by atoms with Crippen molar-refractivity contribution in [2.45, 2.75) is 58.9 Å². The molecule has 0 saturated carbocycles. The minimum atomic E-state index is -2.03. The molecule has 0 aliphatic rings. The van der Waals surface area contributed by atoms with Crippen LogP contribution in [0.25, 0.3) is 10.9 Å². The van der Waals surface area contributed by atoms with Gasteiger partial charge in [0.05, 0.1) is 11.1 Å². The van der Waals surface area contributed by atoms with Crippen molar-refractivity contribution in [1.82, 2.24) is 4.98 Å². The standard InChI is InChI=1S/C19H31NO4Si3/c1-25(2,3)22-14-10-11-17-15(12-14)16(19(21)24-27(7,8)9)13-18(20-17)23-26(4,5)6/h10-13H,1-9H3. The highest BCUT2D eigenvalue weighted by Gasteiger charge is 2.25. The van der Waals surface area contributed by atoms with Gasteiger partial charge in [-0.05, 0) is 77.1 Å². The Balaban J connectivity index is 2.60. The molecule has 0 amide bonds. The van der Waals surface area contributed by atoms with E-state index in [-0.39, 0.29) is 5.97 Å². The van der Waals surface area contributed by atoms with Gasteiger partial charge in [0, 0.05) is 11.5 Å². The van der Waals surface area contributed by atoms with Gasteiger partial charge in [-0.1, -0.05) is 0 Å². The highest BCUT2D eigenvalue weighted by molar-refractivity contribution is 6.71. The Labute approximate surface area is 165 Å². The Bertz CT molecular complexity index is 849. The zero-order valence-electron chi connectivity index (χ0n) is 17.9. The lowest BCUT2D eigenvalue weighted by Crippen LogP contribution is -2.31. The largest absolute Gasteiger partial charge is 0.544 e. The van der Waals surface area contributed by atoms with Crippen molar-refractivity contribution in [1.29, 1.82) is 0 Å². The minimum Gasteiger partial charge on any atom is -0.544 e. The van der Waals surface area contributed by atoms with Crippen molar-refractivity contribution < 1.29 is 18.1 Å². The molecular weight excluding hydrogens is 390 g/mol. The van der Waals surface area contributed by atoms with Crippen molar-refractivity contribution in [2.24, 2.45) is 0 Å². The predicted molar refractivity (Wildman–Crippen MR) is 118 cm³/mol. The molecule has 0 fully saturated rings. The summed E-state index contributed by atoms with van der Waals surface area (Å²) in [5, 5.41) is 0.733. The lowest BCUT2D eigenvalue weighted by molar-refractivity contribution is 0.0726. The fourth-order valence-electron chi connectivity index (χ4n) is 2.47. The summed E-state index contributed by atoms with van der Waals surface area (Å²) < 4.78 is 17.9. The highest BCUT2D eigenvalue weighted by atomic mass is 28.4. The van der Waals surface area contributed by atoms with E-state index in [1.807, 2.05) is 37.8 Å². The molecule has 8 heteroatoms. The third-order valence-corrected chi connectivity index (χ3v) is 5.68. The van der Waals surface area contributed by atoms with E-state index in [9.17, 15) is 4.79 Å². The van der Waals surface area contributed by atoms with Crippen molar-refractivity contribution in [3.63, 3.8) is 0 Å². The van der Waals surface area contributed by atoms with E-state index in [0.717, 1.165) is 11.1 Å². The molecule has 27 heavy (non-hydrogen) atoms. The summed E-state index contributed by atoms with van der Waals surface area (Å²) in [6.07, 6.45) is 0. The average molecular weight is 422 g/mol. The number of rotatable bonds is 6. The number of fused-ring (bicyclic) bond motifs is 1. The Morgan fingerprint density at radius 2 is 1.41 bits per heavy atom. The summed E-state index contributed by atoms with van der Waals surface area (Å²) in [5.74, 6) is 0.902. The Kier molecular flexibility index (Phi) is 5.94. The summed E-state index contributed by atoms with van der Waals surface area (Å²) in [4.78, 5) is 17.5. The second-order valence-electron chi connectivity index (χ2n) is 9.62. The zero-order valence-corrected chi connectivity index (χ0v) is 20.9. The average Bonchev–Trinajstić information content (AvgIpc) is 2.41. The molecule has 2 aromatic rings. The van der Waals surface area contributed by atoms with Crippen molar-refractivity contribution in [3.05, 3.63) is 29.8 Å². The molecule has 0 aliphatic heterocycles. The van der Waals surface area contributed by atoms with Crippen LogP contribution >= 0.6 is 0 Å². The molecule has 0 aliphatic carbocycles. The van der Waals surface area contributed by atoms with Gasteiger partial charge in [0.1, 0.15) is 5.75 Å². The number of hydrogen-bond acceptors (Lipinski definition) is 5. The van der Waals surface area contributed by atoms with E-state index in [1.165, 1.54) is 0 Å². The quantitative estimate of drug-likeness (QED) is 0.564. The monoisotopic (exact) mass is 421 g/mol. The summed E-state index contributed by atoms with van der Waals surface area (Å²) in [6.45, 7) is 18.6. The Morgan fingerprint density at radius 1 is 0.815 bits per heavy atom. The van der Waals surface area contributed by atoms with Crippen molar-refractivity contribution in [3.8, 4) is 11.6 Å². The smallest absolute Gasteiger partial charge is 0.325 e. The van der Waals surface area contributed by atoms with Crippen LogP contribution in [0.4, 0.5) is 0 Å². The van der Waals surface area contributed by atoms with E-state index < -0.39 is 25.0 Å². The number of hydrogen-bond donors (Lipinski definition) is 0. The summed E-state index contributed by atoms with van der Waals surface area (Å²) in [5.41, 5.74) is 1.19. The summed E-state index contributed by atoms with van der Waals surface area (Å²) in [7, 11) is -5.65. The number of benzene rings is 1. The molecule has 0 unspecified atom stereocenters. The molecule has 1 heterocycles. The van der Waals surface area contributed by atoms with Gasteiger partial charge in [0.2, 0.25) is 30.8 Å². The van der Waals surface area contributed by atoms with E-state index >= 15 is 0 Å². The number of carbonyl (C=O) groups excluding carboxylic acids is 1. The summed E-state index contributed by atoms with van der Waals surface area (Å²) >= 11 is 0. The molecule has 5 nitrogen and oxygen atoms in total. The molecule has 0 saturated heterocycles. The third-order valence-electron chi connectivity index (χ3n) is 3.21. The first kappa shape index (κ1) is 21.6. The van der Waals surface area contributed by atoms with Crippen LogP contribution in [0.2, 0.25) is 58.9 Å². The van der Waals surface area contributed by atoms with Gasteiger partial charge >= 0.3 is 5.97 Å². The molecule has 0 atom stereocenters. The van der Waals surface area contributed by atoms with Gasteiger partial charge in [-0.3, -0.25) is 0 Å². The van der Waals surface area contributed by atoms with E-state index in [0.29, 0.717) is 17.0 Å². The topological polar surface area (TPSA) is 57.7 Å². The first-order valence-electron chi connectivity index (χ1n) is 9.19. The lowest BCUT2D eigenvalue weighted by Gasteiger charge is -2.22. The maximum Gasteiger partial charge on any atom is 0.325 e. The van der Waals surface area contributed by atoms with Gasteiger partial charge in [-0.15, -0.1) is 0 Å². The Morgan fingerprint density at radius 3 is 1.93 bits per heavy atom. The molecule has 0 spiro atoms. The van der Waals surface area contributed by atoms with Crippen molar-refractivity contribution >= 4 is 41.8 Å². The van der Waals surface area contributed by atoms with E-state index in [4.69, 9.17) is 13.3 Å². The molecule has 2 rings (SSSR count). The molecule has 148 valence electrons. The summed E-state index contributed by atoms with van der Waals surface area (Å²) in [6, 6.07) is 7.38. The highest BCUT2D eigenvalue weighted by Crippen LogP contribution is 2.29. The predicted octanol–water partition coefficient (Wildman–Crippen LogP) is 5.65.